The maximum Gasteiger partial charge on any atom is 0.308 e. The van der Waals surface area contributed by atoms with E-state index < -0.39 is 8.32 Å². The Morgan fingerprint density at radius 2 is 0.864 bits per heavy atom. The average molecular weight is 655 g/mol. The molecule has 0 fully saturated rings. The van der Waals surface area contributed by atoms with Crippen LogP contribution in [0.3, 0.4) is 0 Å². The summed E-state index contributed by atoms with van der Waals surface area (Å²) in [5, 5.41) is 0.217. The van der Waals surface area contributed by atoms with Gasteiger partial charge in [0, 0.05) is 0 Å². The van der Waals surface area contributed by atoms with Crippen molar-refractivity contribution in [1.82, 2.24) is 0 Å². The Morgan fingerprint density at radius 3 is 1.16 bits per heavy atom. The summed E-state index contributed by atoms with van der Waals surface area (Å²) >= 11 is 0. The van der Waals surface area contributed by atoms with Crippen molar-refractivity contribution in [3.63, 3.8) is 0 Å². The summed E-state index contributed by atoms with van der Waals surface area (Å²) in [7, 11) is -1.70. The van der Waals surface area contributed by atoms with Gasteiger partial charge in [-0.25, -0.2) is 0 Å². The SMILES string of the molecule is CCCCC(CC)C(=O)OCCOCCOCCOCCOCCOCCOCCOCCOCCO[Si](C)(C)C(C)(C)C. The smallest absolute Gasteiger partial charge is 0.308 e. The number of hydrogen-bond donors (Lipinski definition) is 0. The lowest BCUT2D eigenvalue weighted by molar-refractivity contribution is -0.150. The van der Waals surface area contributed by atoms with E-state index in [9.17, 15) is 4.79 Å². The Morgan fingerprint density at radius 1 is 0.545 bits per heavy atom. The molecule has 1 unspecified atom stereocenters. The minimum Gasteiger partial charge on any atom is -0.463 e. The van der Waals surface area contributed by atoms with Crippen LogP contribution in [0.15, 0.2) is 0 Å². The first-order chi connectivity index (χ1) is 21.2. The number of unbranched alkanes of at least 4 members (excludes halogenated alkanes) is 1. The van der Waals surface area contributed by atoms with Gasteiger partial charge < -0.3 is 47.1 Å². The van der Waals surface area contributed by atoms with Crippen molar-refractivity contribution >= 4 is 14.3 Å². The van der Waals surface area contributed by atoms with Gasteiger partial charge in [-0.05, 0) is 31.0 Å². The van der Waals surface area contributed by atoms with Crippen molar-refractivity contribution in [3.8, 4) is 0 Å². The molecule has 0 saturated heterocycles. The number of ether oxygens (including phenoxy) is 9. The molecule has 0 aromatic heterocycles. The molecule has 11 nitrogen and oxygen atoms in total. The van der Waals surface area contributed by atoms with E-state index in [1.165, 1.54) is 0 Å². The quantitative estimate of drug-likeness (QED) is 0.0548. The summed E-state index contributed by atoms with van der Waals surface area (Å²) in [4.78, 5) is 12.0. The van der Waals surface area contributed by atoms with Crippen molar-refractivity contribution in [2.45, 2.75) is 78.4 Å². The molecule has 0 aromatic rings. The van der Waals surface area contributed by atoms with Crippen LogP contribution in [0, 0.1) is 5.92 Å². The van der Waals surface area contributed by atoms with Crippen LogP contribution in [0.4, 0.5) is 0 Å². The molecule has 0 aliphatic rings. The maximum atomic E-state index is 12.0. The summed E-state index contributed by atoms with van der Waals surface area (Å²) in [5.74, 6) is -0.116. The summed E-state index contributed by atoms with van der Waals surface area (Å²) in [6, 6.07) is 0. The predicted molar refractivity (Wildman–Crippen MR) is 174 cm³/mol. The molecule has 12 heteroatoms. The average Bonchev–Trinajstić information content (AvgIpc) is 2.98. The highest BCUT2D eigenvalue weighted by molar-refractivity contribution is 6.74. The van der Waals surface area contributed by atoms with E-state index in [1.54, 1.807) is 0 Å². The standard InChI is InChI=1S/C32H66O11Si/c1-8-10-11-30(9-2)31(33)42-28-26-40-24-22-38-20-18-36-16-14-34-12-13-35-15-17-37-19-21-39-23-25-41-27-29-43-44(6,7)32(3,4)5/h30H,8-29H2,1-7H3. The van der Waals surface area contributed by atoms with Crippen LogP contribution < -0.4 is 0 Å². The van der Waals surface area contributed by atoms with Gasteiger partial charge in [0.2, 0.25) is 0 Å². The molecule has 0 amide bonds. The maximum absolute atomic E-state index is 12.0. The zero-order chi connectivity index (χ0) is 32.8. The van der Waals surface area contributed by atoms with Gasteiger partial charge in [0.05, 0.1) is 118 Å². The predicted octanol–water partition coefficient (Wildman–Crippen LogP) is 4.90. The summed E-state index contributed by atoms with van der Waals surface area (Å²) in [6.07, 6.45) is 3.85. The highest BCUT2D eigenvalue weighted by Gasteiger charge is 2.36. The van der Waals surface area contributed by atoms with Crippen LogP contribution in [0.2, 0.25) is 18.1 Å². The third-order valence-corrected chi connectivity index (χ3v) is 11.8. The summed E-state index contributed by atoms with van der Waals surface area (Å²) in [5.41, 5.74) is 0. The van der Waals surface area contributed by atoms with Gasteiger partial charge in [-0.1, -0.05) is 47.5 Å². The van der Waals surface area contributed by atoms with Crippen LogP contribution in [0.5, 0.6) is 0 Å². The fraction of sp³-hybridized carbons (Fsp3) is 0.969. The van der Waals surface area contributed by atoms with E-state index in [1.807, 2.05) is 6.92 Å². The molecule has 0 radical (unpaired) electrons. The molecule has 1 atom stereocenters. The lowest BCUT2D eigenvalue weighted by Crippen LogP contribution is -2.41. The Balaban J connectivity index is 3.23. The van der Waals surface area contributed by atoms with Crippen molar-refractivity contribution in [2.75, 3.05) is 119 Å². The first-order valence-corrected chi connectivity index (χ1v) is 19.5. The molecular weight excluding hydrogens is 588 g/mol. The summed E-state index contributed by atoms with van der Waals surface area (Å²) in [6.45, 7) is 24.3. The molecule has 0 heterocycles. The van der Waals surface area contributed by atoms with Gasteiger partial charge in [0.1, 0.15) is 6.61 Å². The van der Waals surface area contributed by atoms with E-state index in [-0.39, 0.29) is 23.5 Å². The first-order valence-electron chi connectivity index (χ1n) is 16.6. The molecule has 0 bridgehead atoms. The van der Waals surface area contributed by atoms with E-state index in [2.05, 4.69) is 40.8 Å². The van der Waals surface area contributed by atoms with Crippen molar-refractivity contribution in [3.05, 3.63) is 0 Å². The Hall–Kier alpha value is -0.673. The van der Waals surface area contributed by atoms with Crippen LogP contribution in [0.1, 0.15) is 60.3 Å². The van der Waals surface area contributed by atoms with Gasteiger partial charge in [0.15, 0.2) is 8.32 Å². The van der Waals surface area contributed by atoms with Gasteiger partial charge in [-0.3, -0.25) is 4.79 Å². The number of rotatable bonds is 33. The molecule has 0 saturated carbocycles. The zero-order valence-corrected chi connectivity index (χ0v) is 30.1. The number of carbonyl (C=O) groups is 1. The molecular formula is C32H66O11Si. The van der Waals surface area contributed by atoms with Gasteiger partial charge >= 0.3 is 5.97 Å². The normalized spacial score (nSPS) is 13.0. The highest BCUT2D eigenvalue weighted by Crippen LogP contribution is 2.36. The monoisotopic (exact) mass is 654 g/mol. The third kappa shape index (κ3) is 26.5. The van der Waals surface area contributed by atoms with Gasteiger partial charge in [-0.15, -0.1) is 0 Å². The second kappa shape index (κ2) is 29.7. The lowest BCUT2D eigenvalue weighted by atomic mass is 10.00. The minimum atomic E-state index is -1.70. The van der Waals surface area contributed by atoms with Crippen LogP contribution in [0.25, 0.3) is 0 Å². The Kier molecular flexibility index (Phi) is 29.3. The number of esters is 1. The molecule has 0 N–H and O–H groups in total. The second-order valence-corrected chi connectivity index (χ2v) is 16.7. The van der Waals surface area contributed by atoms with Crippen molar-refractivity contribution < 1.29 is 51.9 Å². The van der Waals surface area contributed by atoms with Crippen LogP contribution >= 0.6 is 0 Å². The van der Waals surface area contributed by atoms with E-state index >= 15 is 0 Å². The minimum absolute atomic E-state index is 0.000217. The van der Waals surface area contributed by atoms with E-state index in [4.69, 9.17) is 47.1 Å². The largest absolute Gasteiger partial charge is 0.463 e. The Labute approximate surface area is 269 Å². The van der Waals surface area contributed by atoms with E-state index in [0.717, 1.165) is 25.7 Å². The van der Waals surface area contributed by atoms with Gasteiger partial charge in [0.25, 0.3) is 0 Å². The Bertz CT molecular complexity index is 632. The molecule has 0 aliphatic carbocycles. The highest BCUT2D eigenvalue weighted by atomic mass is 28.4. The number of carbonyl (C=O) groups excluding carboxylic acids is 1. The van der Waals surface area contributed by atoms with Gasteiger partial charge in [-0.2, -0.15) is 0 Å². The fourth-order valence-electron chi connectivity index (χ4n) is 3.47. The second-order valence-electron chi connectivity index (χ2n) is 11.9. The first kappa shape index (κ1) is 43.3. The molecule has 0 spiro atoms. The fourth-order valence-corrected chi connectivity index (χ4v) is 4.50. The summed E-state index contributed by atoms with van der Waals surface area (Å²) < 4.78 is 55.3. The number of hydrogen-bond acceptors (Lipinski definition) is 11. The van der Waals surface area contributed by atoms with E-state index in [0.29, 0.717) is 112 Å². The molecule has 44 heavy (non-hydrogen) atoms. The molecule has 0 rings (SSSR count). The topological polar surface area (TPSA) is 109 Å². The molecule has 0 aromatic carbocycles. The lowest BCUT2D eigenvalue weighted by Gasteiger charge is -2.36. The van der Waals surface area contributed by atoms with Crippen LogP contribution in [-0.4, -0.2) is 133 Å². The van der Waals surface area contributed by atoms with Crippen LogP contribution in [-0.2, 0) is 51.9 Å². The van der Waals surface area contributed by atoms with Crippen molar-refractivity contribution in [1.29, 1.82) is 0 Å². The zero-order valence-electron chi connectivity index (χ0n) is 29.1. The molecule has 264 valence electrons. The molecule has 0 aliphatic heterocycles. The third-order valence-electron chi connectivity index (χ3n) is 7.31. The van der Waals surface area contributed by atoms with Crippen molar-refractivity contribution in [2.24, 2.45) is 5.92 Å².